The summed E-state index contributed by atoms with van der Waals surface area (Å²) in [6.45, 7) is 1.51. The van der Waals surface area contributed by atoms with Gasteiger partial charge in [-0.2, -0.15) is 0 Å². The fourth-order valence-corrected chi connectivity index (χ4v) is 2.74. The lowest BCUT2D eigenvalue weighted by Crippen LogP contribution is -2.34. The first-order chi connectivity index (χ1) is 10.2. The zero-order chi connectivity index (χ0) is 14.7. The number of carbonyl (C=O) groups excluding carboxylic acids is 1. The number of fused-ring (bicyclic) bond motifs is 1. The SMILES string of the molecule is O=C(Cc1ccccc1F)NC[C@@H]1CCc2nccn2C1. The van der Waals surface area contributed by atoms with Crippen LogP contribution in [-0.2, 0) is 24.2 Å². The second kappa shape index (κ2) is 6.08. The number of hydrogen-bond acceptors (Lipinski definition) is 2. The van der Waals surface area contributed by atoms with Crippen LogP contribution in [0.1, 0.15) is 17.8 Å². The van der Waals surface area contributed by atoms with Crippen LogP contribution in [0.3, 0.4) is 0 Å². The molecular formula is C16H18FN3O. The van der Waals surface area contributed by atoms with Crippen LogP contribution < -0.4 is 5.32 Å². The molecule has 1 aromatic carbocycles. The molecular weight excluding hydrogens is 269 g/mol. The number of amides is 1. The molecule has 0 fully saturated rings. The Hall–Kier alpha value is -2.17. The van der Waals surface area contributed by atoms with E-state index in [1.807, 2.05) is 12.4 Å². The quantitative estimate of drug-likeness (QED) is 0.934. The average Bonchev–Trinajstić information content (AvgIpc) is 2.95. The normalized spacial score (nSPS) is 17.3. The number of hydrogen-bond donors (Lipinski definition) is 1. The molecule has 1 atom stereocenters. The Bertz CT molecular complexity index is 638. The molecule has 0 unspecified atom stereocenters. The van der Waals surface area contributed by atoms with E-state index in [1.165, 1.54) is 6.07 Å². The topological polar surface area (TPSA) is 46.9 Å². The Balaban J connectivity index is 1.50. The maximum Gasteiger partial charge on any atom is 0.224 e. The Labute approximate surface area is 123 Å². The van der Waals surface area contributed by atoms with Crippen LogP contribution >= 0.6 is 0 Å². The third-order valence-electron chi connectivity index (χ3n) is 3.93. The minimum Gasteiger partial charge on any atom is -0.355 e. The fraction of sp³-hybridized carbons (Fsp3) is 0.375. The summed E-state index contributed by atoms with van der Waals surface area (Å²) in [5.74, 6) is 1.07. The molecule has 1 amide bonds. The van der Waals surface area contributed by atoms with Crippen LogP contribution in [0.5, 0.6) is 0 Å². The average molecular weight is 287 g/mol. The van der Waals surface area contributed by atoms with Gasteiger partial charge < -0.3 is 9.88 Å². The van der Waals surface area contributed by atoms with Crippen molar-refractivity contribution in [1.29, 1.82) is 0 Å². The van der Waals surface area contributed by atoms with Crippen molar-refractivity contribution in [2.24, 2.45) is 5.92 Å². The highest BCUT2D eigenvalue weighted by molar-refractivity contribution is 5.78. The van der Waals surface area contributed by atoms with Crippen molar-refractivity contribution in [2.75, 3.05) is 6.54 Å². The molecule has 2 aromatic rings. The van der Waals surface area contributed by atoms with Crippen molar-refractivity contribution in [3.63, 3.8) is 0 Å². The zero-order valence-corrected chi connectivity index (χ0v) is 11.8. The molecule has 5 heteroatoms. The van der Waals surface area contributed by atoms with Crippen molar-refractivity contribution < 1.29 is 9.18 Å². The van der Waals surface area contributed by atoms with E-state index in [4.69, 9.17) is 0 Å². The molecule has 1 aliphatic rings. The summed E-state index contributed by atoms with van der Waals surface area (Å²) in [6, 6.07) is 6.40. The second-order valence-electron chi connectivity index (χ2n) is 5.47. The van der Waals surface area contributed by atoms with Gasteiger partial charge in [0.15, 0.2) is 0 Å². The minimum absolute atomic E-state index is 0.0930. The van der Waals surface area contributed by atoms with E-state index in [1.54, 1.807) is 18.2 Å². The first kappa shape index (κ1) is 13.8. The highest BCUT2D eigenvalue weighted by atomic mass is 19.1. The number of imidazole rings is 1. The van der Waals surface area contributed by atoms with Crippen molar-refractivity contribution in [3.05, 3.63) is 53.9 Å². The number of benzene rings is 1. The zero-order valence-electron chi connectivity index (χ0n) is 11.8. The van der Waals surface area contributed by atoms with Gasteiger partial charge in [0.2, 0.25) is 5.91 Å². The van der Waals surface area contributed by atoms with E-state index in [-0.39, 0.29) is 18.1 Å². The first-order valence-corrected chi connectivity index (χ1v) is 7.22. The Morgan fingerprint density at radius 1 is 1.43 bits per heavy atom. The number of nitrogens with one attached hydrogen (secondary N) is 1. The molecule has 21 heavy (non-hydrogen) atoms. The summed E-state index contributed by atoms with van der Waals surface area (Å²) in [6.07, 6.45) is 5.85. The van der Waals surface area contributed by atoms with Crippen LogP contribution in [0.2, 0.25) is 0 Å². The number of halogens is 1. The van der Waals surface area contributed by atoms with Gasteiger partial charge in [0.1, 0.15) is 11.6 Å². The van der Waals surface area contributed by atoms with E-state index < -0.39 is 0 Å². The largest absolute Gasteiger partial charge is 0.355 e. The van der Waals surface area contributed by atoms with Crippen LogP contribution in [0, 0.1) is 11.7 Å². The molecule has 0 aliphatic carbocycles. The Morgan fingerprint density at radius 2 is 2.29 bits per heavy atom. The van der Waals surface area contributed by atoms with Crippen LogP contribution in [0.25, 0.3) is 0 Å². The Kier molecular flexibility index (Phi) is 3.99. The molecule has 0 spiro atoms. The van der Waals surface area contributed by atoms with Gasteiger partial charge in [-0.05, 0) is 24.0 Å². The fourth-order valence-electron chi connectivity index (χ4n) is 2.74. The maximum atomic E-state index is 13.5. The number of carbonyl (C=O) groups is 1. The molecule has 4 nitrogen and oxygen atoms in total. The number of nitrogens with zero attached hydrogens (tertiary/aromatic N) is 2. The van der Waals surface area contributed by atoms with Gasteiger partial charge in [0.25, 0.3) is 0 Å². The number of rotatable bonds is 4. The standard InChI is InChI=1S/C16H18FN3O/c17-14-4-2-1-3-13(14)9-16(21)19-10-12-5-6-15-18-7-8-20(15)11-12/h1-4,7-8,12H,5-6,9-11H2,(H,19,21)/t12-/m0/s1. The molecule has 0 radical (unpaired) electrons. The lowest BCUT2D eigenvalue weighted by atomic mass is 9.99. The van der Waals surface area contributed by atoms with Crippen molar-refractivity contribution in [1.82, 2.24) is 14.9 Å². The van der Waals surface area contributed by atoms with E-state index in [0.717, 1.165) is 25.2 Å². The molecule has 1 N–H and O–H groups in total. The van der Waals surface area contributed by atoms with Gasteiger partial charge in [-0.15, -0.1) is 0 Å². The molecule has 0 bridgehead atoms. The predicted octanol–water partition coefficient (Wildman–Crippen LogP) is 1.94. The third kappa shape index (κ3) is 3.29. The summed E-state index contributed by atoms with van der Waals surface area (Å²) in [5, 5.41) is 2.91. The summed E-state index contributed by atoms with van der Waals surface area (Å²) in [7, 11) is 0. The molecule has 1 aromatic heterocycles. The molecule has 2 heterocycles. The molecule has 0 saturated carbocycles. The molecule has 0 saturated heterocycles. The highest BCUT2D eigenvalue weighted by Crippen LogP contribution is 2.18. The first-order valence-electron chi connectivity index (χ1n) is 7.22. The van der Waals surface area contributed by atoms with Gasteiger partial charge in [0.05, 0.1) is 6.42 Å². The molecule has 1 aliphatic heterocycles. The van der Waals surface area contributed by atoms with Crippen molar-refractivity contribution in [2.45, 2.75) is 25.8 Å². The van der Waals surface area contributed by atoms with Crippen LogP contribution in [0.4, 0.5) is 4.39 Å². The molecule has 3 rings (SSSR count). The van der Waals surface area contributed by atoms with Crippen molar-refractivity contribution >= 4 is 5.91 Å². The number of aryl methyl sites for hydroxylation is 1. The van der Waals surface area contributed by atoms with E-state index in [2.05, 4.69) is 14.9 Å². The van der Waals surface area contributed by atoms with Gasteiger partial charge in [-0.1, -0.05) is 18.2 Å². The van der Waals surface area contributed by atoms with Gasteiger partial charge in [0, 0.05) is 31.9 Å². The van der Waals surface area contributed by atoms with Crippen LogP contribution in [-0.4, -0.2) is 22.0 Å². The summed E-state index contributed by atoms with van der Waals surface area (Å²) < 4.78 is 15.6. The third-order valence-corrected chi connectivity index (χ3v) is 3.93. The predicted molar refractivity (Wildman–Crippen MR) is 77.2 cm³/mol. The summed E-state index contributed by atoms with van der Waals surface area (Å²) >= 11 is 0. The minimum atomic E-state index is -0.326. The smallest absolute Gasteiger partial charge is 0.224 e. The molecule has 110 valence electrons. The van der Waals surface area contributed by atoms with Gasteiger partial charge in [-0.3, -0.25) is 4.79 Å². The highest BCUT2D eigenvalue weighted by Gasteiger charge is 2.19. The van der Waals surface area contributed by atoms with E-state index >= 15 is 0 Å². The van der Waals surface area contributed by atoms with Crippen molar-refractivity contribution in [3.8, 4) is 0 Å². The number of aromatic nitrogens is 2. The van der Waals surface area contributed by atoms with E-state index in [9.17, 15) is 9.18 Å². The van der Waals surface area contributed by atoms with Gasteiger partial charge >= 0.3 is 0 Å². The summed E-state index contributed by atoms with van der Waals surface area (Å²) in [4.78, 5) is 16.2. The maximum absolute atomic E-state index is 13.5. The second-order valence-corrected chi connectivity index (χ2v) is 5.47. The Morgan fingerprint density at radius 3 is 3.14 bits per heavy atom. The lowest BCUT2D eigenvalue weighted by Gasteiger charge is -2.24. The lowest BCUT2D eigenvalue weighted by molar-refractivity contribution is -0.120. The van der Waals surface area contributed by atoms with Crippen LogP contribution in [0.15, 0.2) is 36.7 Å². The monoisotopic (exact) mass is 287 g/mol. The van der Waals surface area contributed by atoms with E-state index in [0.29, 0.717) is 18.0 Å². The van der Waals surface area contributed by atoms with Gasteiger partial charge in [-0.25, -0.2) is 9.37 Å². The summed E-state index contributed by atoms with van der Waals surface area (Å²) in [5.41, 5.74) is 0.440.